The van der Waals surface area contributed by atoms with Crippen molar-refractivity contribution in [3.63, 3.8) is 0 Å². The predicted molar refractivity (Wildman–Crippen MR) is 101 cm³/mol. The summed E-state index contributed by atoms with van der Waals surface area (Å²) in [5.41, 5.74) is 0. The van der Waals surface area contributed by atoms with Crippen molar-refractivity contribution in [1.82, 2.24) is 0 Å². The molecule has 0 spiro atoms. The number of hydrogen-bond donors (Lipinski definition) is 0. The fourth-order valence-electron chi connectivity index (χ4n) is 1.50. The standard InChI is InChI=1S/C13H10S7.Zn/c14-13-19-11(17-7-9-3-1-5-15-9)12(20-13)18-8-10-4-2-6-16-10;/h1-6H,7-8H2;. The van der Waals surface area contributed by atoms with E-state index in [0.29, 0.717) is 0 Å². The van der Waals surface area contributed by atoms with Crippen LogP contribution in [0.4, 0.5) is 0 Å². The first-order chi connectivity index (χ1) is 9.81. The van der Waals surface area contributed by atoms with Gasteiger partial charge in [-0.15, -0.1) is 68.9 Å². The van der Waals surface area contributed by atoms with Crippen LogP contribution in [-0.2, 0) is 31.0 Å². The van der Waals surface area contributed by atoms with Crippen molar-refractivity contribution in [2.24, 2.45) is 0 Å². The number of thioether (sulfide) groups is 2. The third-order valence-electron chi connectivity index (χ3n) is 2.37. The summed E-state index contributed by atoms with van der Waals surface area (Å²) in [7, 11) is 0. The van der Waals surface area contributed by atoms with E-state index in [0.717, 1.165) is 14.6 Å². The first kappa shape index (κ1) is 18.3. The van der Waals surface area contributed by atoms with Gasteiger partial charge in [0, 0.05) is 40.7 Å². The Balaban J connectivity index is 0.00000161. The zero-order valence-corrected chi connectivity index (χ0v) is 19.6. The zero-order chi connectivity index (χ0) is 13.8. The van der Waals surface area contributed by atoms with Gasteiger partial charge < -0.3 is 0 Å². The van der Waals surface area contributed by atoms with Crippen LogP contribution in [0.3, 0.4) is 0 Å². The molecule has 3 aromatic rings. The molecule has 0 fully saturated rings. The van der Waals surface area contributed by atoms with Crippen LogP contribution >= 0.6 is 81.1 Å². The van der Waals surface area contributed by atoms with Crippen molar-refractivity contribution in [3.05, 3.63) is 47.9 Å². The summed E-state index contributed by atoms with van der Waals surface area (Å²) in [6.45, 7) is 0. The molecule has 3 aromatic heterocycles. The van der Waals surface area contributed by atoms with Crippen LogP contribution in [0.25, 0.3) is 0 Å². The minimum absolute atomic E-state index is 0. The van der Waals surface area contributed by atoms with Gasteiger partial charge in [0.1, 0.15) is 3.14 Å². The molecule has 0 saturated carbocycles. The maximum atomic E-state index is 5.36. The summed E-state index contributed by atoms with van der Waals surface area (Å²) in [4.78, 5) is 2.85. The second-order valence-electron chi connectivity index (χ2n) is 3.77. The topological polar surface area (TPSA) is 0 Å². The Morgan fingerprint density at radius 3 is 1.71 bits per heavy atom. The Morgan fingerprint density at radius 2 is 1.33 bits per heavy atom. The third kappa shape index (κ3) is 5.53. The molecule has 21 heavy (non-hydrogen) atoms. The van der Waals surface area contributed by atoms with Crippen molar-refractivity contribution < 1.29 is 19.5 Å². The summed E-state index contributed by atoms with van der Waals surface area (Å²) in [5.74, 6) is 2.10. The molecule has 0 bridgehead atoms. The Morgan fingerprint density at radius 1 is 0.857 bits per heavy atom. The van der Waals surface area contributed by atoms with Gasteiger partial charge in [-0.3, -0.25) is 0 Å². The Bertz CT molecular complexity index is 635. The number of hydrogen-bond acceptors (Lipinski definition) is 7. The van der Waals surface area contributed by atoms with Gasteiger partial charge >= 0.3 is 0 Å². The van der Waals surface area contributed by atoms with Crippen molar-refractivity contribution in [2.75, 3.05) is 0 Å². The SMILES string of the molecule is S=c1sc(SCc2cccs2)c(SCc2cccs2)s1.[Zn]. The van der Waals surface area contributed by atoms with Gasteiger partial charge in [0.25, 0.3) is 0 Å². The van der Waals surface area contributed by atoms with Gasteiger partial charge in [-0.2, -0.15) is 0 Å². The average molecular weight is 456 g/mol. The minimum atomic E-state index is 0. The molecule has 0 aliphatic heterocycles. The number of thiophene rings is 2. The van der Waals surface area contributed by atoms with Gasteiger partial charge in [0.05, 0.1) is 8.42 Å². The fraction of sp³-hybridized carbons (Fsp3) is 0.154. The maximum absolute atomic E-state index is 5.36. The molecule has 3 rings (SSSR count). The molecule has 0 N–H and O–H groups in total. The van der Waals surface area contributed by atoms with E-state index in [1.165, 1.54) is 18.2 Å². The predicted octanol–water partition coefficient (Wildman–Crippen LogP) is 7.24. The third-order valence-corrected chi connectivity index (χ3v) is 10.2. The van der Waals surface area contributed by atoms with Crippen LogP contribution < -0.4 is 0 Å². The molecule has 0 aromatic carbocycles. The molecule has 0 aliphatic carbocycles. The minimum Gasteiger partial charge on any atom is -0.148 e. The molecule has 0 atom stereocenters. The van der Waals surface area contributed by atoms with Crippen LogP contribution in [0.2, 0.25) is 0 Å². The van der Waals surface area contributed by atoms with Crippen molar-refractivity contribution in [3.8, 4) is 0 Å². The van der Waals surface area contributed by atoms with E-state index in [9.17, 15) is 0 Å². The molecule has 3 heterocycles. The van der Waals surface area contributed by atoms with Gasteiger partial charge in [-0.1, -0.05) is 24.4 Å². The first-order valence-corrected chi connectivity index (χ1v) is 11.5. The maximum Gasteiger partial charge on any atom is 0.145 e. The molecule has 0 radical (unpaired) electrons. The average Bonchev–Trinajstić information content (AvgIpc) is 3.16. The van der Waals surface area contributed by atoms with Gasteiger partial charge in [0.15, 0.2) is 0 Å². The van der Waals surface area contributed by atoms with Gasteiger partial charge in [0.2, 0.25) is 0 Å². The van der Waals surface area contributed by atoms with E-state index in [4.69, 9.17) is 12.2 Å². The molecular weight excluding hydrogens is 446 g/mol. The van der Waals surface area contributed by atoms with E-state index in [1.54, 1.807) is 22.7 Å². The van der Waals surface area contributed by atoms with Crippen molar-refractivity contribution >= 4 is 81.1 Å². The molecule has 0 unspecified atom stereocenters. The Labute approximate surface area is 166 Å². The normalized spacial score (nSPS) is 10.5. The largest absolute Gasteiger partial charge is 0.148 e. The second kappa shape index (κ2) is 9.33. The second-order valence-corrected chi connectivity index (χ2v) is 11.5. The van der Waals surface area contributed by atoms with Crippen LogP contribution in [-0.4, -0.2) is 0 Å². The van der Waals surface area contributed by atoms with E-state index in [-0.39, 0.29) is 19.5 Å². The summed E-state index contributed by atoms with van der Waals surface area (Å²) >= 11 is 16.4. The summed E-state index contributed by atoms with van der Waals surface area (Å²) < 4.78 is 3.80. The van der Waals surface area contributed by atoms with Crippen LogP contribution in [0, 0.1) is 3.14 Å². The van der Waals surface area contributed by atoms with Crippen molar-refractivity contribution in [1.29, 1.82) is 0 Å². The molecule has 0 nitrogen and oxygen atoms in total. The van der Waals surface area contributed by atoms with Crippen LogP contribution in [0.5, 0.6) is 0 Å². The molecular formula is C13H10S7Zn. The molecule has 0 aliphatic rings. The molecule has 0 amide bonds. The van der Waals surface area contributed by atoms with E-state index in [1.807, 2.05) is 46.2 Å². The van der Waals surface area contributed by atoms with E-state index < -0.39 is 0 Å². The number of rotatable bonds is 6. The van der Waals surface area contributed by atoms with Crippen molar-refractivity contribution in [2.45, 2.75) is 19.9 Å². The van der Waals surface area contributed by atoms with Crippen LogP contribution in [0.1, 0.15) is 9.75 Å². The fourth-order valence-corrected chi connectivity index (χ4v) is 9.15. The van der Waals surface area contributed by atoms with Crippen LogP contribution in [0.15, 0.2) is 43.4 Å². The van der Waals surface area contributed by atoms with E-state index >= 15 is 0 Å². The summed E-state index contributed by atoms with van der Waals surface area (Å²) in [5, 5.41) is 4.27. The van der Waals surface area contributed by atoms with E-state index in [2.05, 4.69) is 35.0 Å². The summed E-state index contributed by atoms with van der Waals surface area (Å²) in [6, 6.07) is 8.62. The first-order valence-electron chi connectivity index (χ1n) is 5.75. The Hall–Kier alpha value is 0.993. The van der Waals surface area contributed by atoms with Gasteiger partial charge in [-0.25, -0.2) is 0 Å². The monoisotopic (exact) mass is 454 g/mol. The Kier molecular flexibility index (Phi) is 8.14. The summed E-state index contributed by atoms with van der Waals surface area (Å²) in [6.07, 6.45) is 0. The zero-order valence-electron chi connectivity index (χ0n) is 10.9. The molecule has 8 heteroatoms. The smallest absolute Gasteiger partial charge is 0.145 e. The molecule has 106 valence electrons. The van der Waals surface area contributed by atoms with Gasteiger partial charge in [-0.05, 0) is 22.9 Å². The molecule has 0 saturated heterocycles. The quantitative estimate of drug-likeness (QED) is 0.218.